The van der Waals surface area contributed by atoms with Crippen molar-refractivity contribution in [1.29, 1.82) is 0 Å². The number of ether oxygens (including phenoxy) is 2. The molecule has 120 valence electrons. The van der Waals surface area contributed by atoms with Gasteiger partial charge in [-0.2, -0.15) is 0 Å². The van der Waals surface area contributed by atoms with E-state index in [1.54, 1.807) is 14.2 Å². The van der Waals surface area contributed by atoms with Crippen LogP contribution < -0.4 is 5.32 Å². The molecule has 0 aromatic carbocycles. The van der Waals surface area contributed by atoms with E-state index in [1.165, 1.54) is 24.2 Å². The van der Waals surface area contributed by atoms with Gasteiger partial charge in [0.2, 0.25) is 12.3 Å². The molecule has 1 aliphatic rings. The number of nitrogens with one attached hydrogen (secondary N) is 1. The van der Waals surface area contributed by atoms with E-state index in [9.17, 15) is 9.59 Å². The molecule has 2 atom stereocenters. The van der Waals surface area contributed by atoms with E-state index in [0.29, 0.717) is 25.6 Å². The molecule has 1 heterocycles. The van der Waals surface area contributed by atoms with Crippen molar-refractivity contribution < 1.29 is 28.1 Å². The minimum absolute atomic E-state index is 0.293. The predicted octanol–water partition coefficient (Wildman–Crippen LogP) is 0.746. The van der Waals surface area contributed by atoms with E-state index in [0.717, 1.165) is 0 Å². The Bertz CT molecular complexity index is 364. The molecule has 1 rings (SSSR count). The van der Waals surface area contributed by atoms with Gasteiger partial charge in [0.25, 0.3) is 0 Å². The van der Waals surface area contributed by atoms with E-state index in [1.807, 2.05) is 0 Å². The van der Waals surface area contributed by atoms with Gasteiger partial charge in [0, 0.05) is 40.0 Å². The third-order valence-electron chi connectivity index (χ3n) is 2.83. The van der Waals surface area contributed by atoms with Crippen LogP contribution in [0.25, 0.3) is 0 Å². The number of hydrogen-bond donors (Lipinski definition) is 1. The summed E-state index contributed by atoms with van der Waals surface area (Å²) >= 11 is 0. The molecule has 0 aliphatic carbocycles. The van der Waals surface area contributed by atoms with Crippen LogP contribution in [0.4, 0.5) is 0 Å². The van der Waals surface area contributed by atoms with Crippen molar-refractivity contribution in [1.82, 2.24) is 10.2 Å². The van der Waals surface area contributed by atoms with Gasteiger partial charge in [-0.1, -0.05) is 0 Å². The number of hydrogen-bond acceptors (Lipinski definition) is 6. The van der Waals surface area contributed by atoms with Gasteiger partial charge in [0.05, 0.1) is 0 Å². The van der Waals surface area contributed by atoms with Crippen LogP contribution in [0.3, 0.4) is 0 Å². The van der Waals surface area contributed by atoms with Crippen LogP contribution in [0, 0.1) is 0 Å². The first kappa shape index (κ1) is 18.0. The van der Waals surface area contributed by atoms with Gasteiger partial charge in [0.1, 0.15) is 12.6 Å². The largest absolute Gasteiger partial charge is 0.356 e. The minimum atomic E-state index is -1.08. The van der Waals surface area contributed by atoms with Gasteiger partial charge < -0.3 is 23.8 Å². The zero-order valence-corrected chi connectivity index (χ0v) is 13.2. The third-order valence-corrected chi connectivity index (χ3v) is 4.00. The molecule has 0 aromatic heterocycles. The standard InChI is InChI=1S/C12H21N2O6P/c1-13-10(16)6-7-14(8-15)11-4-5-12(20-11)19-9-21(17-2)18-3/h6-8,11-12H,4-5,9H2,1-3H3,(H,13,16)/b7-6-. The van der Waals surface area contributed by atoms with Crippen LogP contribution in [0.2, 0.25) is 0 Å². The van der Waals surface area contributed by atoms with Crippen LogP contribution in [0.5, 0.6) is 0 Å². The molecule has 21 heavy (non-hydrogen) atoms. The lowest BCUT2D eigenvalue weighted by molar-refractivity contribution is -0.156. The second-order valence-corrected chi connectivity index (χ2v) is 5.73. The normalized spacial score (nSPS) is 21.9. The van der Waals surface area contributed by atoms with Gasteiger partial charge in [-0.3, -0.25) is 14.5 Å². The van der Waals surface area contributed by atoms with Crippen LogP contribution in [-0.2, 0) is 28.1 Å². The number of nitrogens with zero attached hydrogens (tertiary/aromatic N) is 1. The first-order valence-electron chi connectivity index (χ1n) is 6.40. The predicted molar refractivity (Wildman–Crippen MR) is 75.9 cm³/mol. The van der Waals surface area contributed by atoms with Crippen molar-refractivity contribution in [2.75, 3.05) is 27.6 Å². The van der Waals surface area contributed by atoms with Gasteiger partial charge >= 0.3 is 0 Å². The van der Waals surface area contributed by atoms with Crippen molar-refractivity contribution in [3.63, 3.8) is 0 Å². The summed E-state index contributed by atoms with van der Waals surface area (Å²) in [6.45, 7) is 0. The summed E-state index contributed by atoms with van der Waals surface area (Å²) in [5.41, 5.74) is 0. The summed E-state index contributed by atoms with van der Waals surface area (Å²) in [5, 5.41) is 2.43. The number of carbonyl (C=O) groups excluding carboxylic acids is 2. The van der Waals surface area contributed by atoms with E-state index in [-0.39, 0.29) is 5.91 Å². The van der Waals surface area contributed by atoms with Crippen LogP contribution in [0.15, 0.2) is 12.3 Å². The van der Waals surface area contributed by atoms with Gasteiger partial charge in [-0.15, -0.1) is 0 Å². The number of rotatable bonds is 9. The van der Waals surface area contributed by atoms with Crippen molar-refractivity contribution >= 4 is 20.7 Å². The van der Waals surface area contributed by atoms with Crippen LogP contribution >= 0.6 is 8.38 Å². The monoisotopic (exact) mass is 320 g/mol. The Kier molecular flexibility index (Phi) is 8.41. The Labute approximate surface area is 125 Å². The molecule has 9 heteroatoms. The Hall–Kier alpha value is -1.05. The Morgan fingerprint density at radius 2 is 2.14 bits per heavy atom. The van der Waals surface area contributed by atoms with E-state index < -0.39 is 20.9 Å². The average molecular weight is 320 g/mol. The second-order valence-electron chi connectivity index (χ2n) is 4.07. The fourth-order valence-electron chi connectivity index (χ4n) is 1.69. The van der Waals surface area contributed by atoms with Crippen molar-refractivity contribution in [2.24, 2.45) is 0 Å². The molecule has 0 saturated carbocycles. The quantitative estimate of drug-likeness (QED) is 0.383. The molecule has 8 nitrogen and oxygen atoms in total. The van der Waals surface area contributed by atoms with Crippen LogP contribution in [0.1, 0.15) is 12.8 Å². The summed E-state index contributed by atoms with van der Waals surface area (Å²) in [5.74, 6) is -0.293. The lowest BCUT2D eigenvalue weighted by Crippen LogP contribution is -2.30. The maximum Gasteiger partial charge on any atom is 0.245 e. The van der Waals surface area contributed by atoms with Gasteiger partial charge in [-0.25, -0.2) is 0 Å². The molecular weight excluding hydrogens is 299 g/mol. The molecule has 1 N–H and O–H groups in total. The topological polar surface area (TPSA) is 86.3 Å². The summed E-state index contributed by atoms with van der Waals surface area (Å²) < 4.78 is 21.3. The fraction of sp³-hybridized carbons (Fsp3) is 0.667. The number of likely N-dealkylation sites (N-methyl/N-ethyl adjacent to an activating group) is 1. The SMILES string of the molecule is CNC(=O)/C=C\N(C=O)C1CCC(OCP(OC)OC)O1. The molecule has 0 bridgehead atoms. The lowest BCUT2D eigenvalue weighted by Gasteiger charge is -2.21. The maximum absolute atomic E-state index is 11.1. The highest BCUT2D eigenvalue weighted by molar-refractivity contribution is 7.46. The smallest absolute Gasteiger partial charge is 0.245 e. The Morgan fingerprint density at radius 3 is 2.71 bits per heavy atom. The molecule has 0 aromatic rings. The third kappa shape index (κ3) is 6.07. The number of carbonyl (C=O) groups is 2. The maximum atomic E-state index is 11.1. The second kappa shape index (κ2) is 9.81. The van der Waals surface area contributed by atoms with E-state index in [4.69, 9.17) is 18.5 Å². The molecule has 0 radical (unpaired) electrons. The highest BCUT2D eigenvalue weighted by Crippen LogP contribution is 2.37. The number of amides is 2. The summed E-state index contributed by atoms with van der Waals surface area (Å²) in [7, 11) is 3.54. The molecule has 2 unspecified atom stereocenters. The zero-order chi connectivity index (χ0) is 15.7. The van der Waals surface area contributed by atoms with Crippen LogP contribution in [-0.4, -0.2) is 57.4 Å². The highest BCUT2D eigenvalue weighted by atomic mass is 31.2. The molecular formula is C12H21N2O6P. The Morgan fingerprint density at radius 1 is 1.43 bits per heavy atom. The van der Waals surface area contributed by atoms with Gasteiger partial charge in [0.15, 0.2) is 14.7 Å². The van der Waals surface area contributed by atoms with Crippen molar-refractivity contribution in [3.05, 3.63) is 12.3 Å². The van der Waals surface area contributed by atoms with Crippen molar-refractivity contribution in [2.45, 2.75) is 25.4 Å². The highest BCUT2D eigenvalue weighted by Gasteiger charge is 2.30. The first-order chi connectivity index (χ1) is 10.1. The Balaban J connectivity index is 2.42. The van der Waals surface area contributed by atoms with E-state index >= 15 is 0 Å². The molecule has 0 spiro atoms. The molecule has 2 amide bonds. The fourth-order valence-corrected chi connectivity index (χ4v) is 2.34. The first-order valence-corrected chi connectivity index (χ1v) is 7.76. The van der Waals surface area contributed by atoms with Gasteiger partial charge in [-0.05, 0) is 6.42 Å². The zero-order valence-electron chi connectivity index (χ0n) is 12.4. The average Bonchev–Trinajstić information content (AvgIpc) is 2.97. The van der Waals surface area contributed by atoms with E-state index in [2.05, 4.69) is 5.32 Å². The molecule has 1 fully saturated rings. The molecule has 1 saturated heterocycles. The minimum Gasteiger partial charge on any atom is -0.356 e. The molecule has 1 aliphatic heterocycles. The summed E-state index contributed by atoms with van der Waals surface area (Å²) in [4.78, 5) is 23.5. The van der Waals surface area contributed by atoms with Crippen molar-refractivity contribution in [3.8, 4) is 0 Å². The lowest BCUT2D eigenvalue weighted by atomic mass is 10.3. The summed E-state index contributed by atoms with van der Waals surface area (Å²) in [6, 6.07) is 0. The summed E-state index contributed by atoms with van der Waals surface area (Å²) in [6.07, 6.45) is 3.99.